The highest BCUT2D eigenvalue weighted by Crippen LogP contribution is 2.26. The molecule has 3 rings (SSSR count). The highest BCUT2D eigenvalue weighted by molar-refractivity contribution is 5.61. The molecule has 0 bridgehead atoms. The lowest BCUT2D eigenvalue weighted by Gasteiger charge is -2.30. The smallest absolute Gasteiger partial charge is 0.158 e. The summed E-state index contributed by atoms with van der Waals surface area (Å²) in [7, 11) is 1.42. The molecule has 0 aliphatic carbocycles. The average Bonchev–Trinajstić information content (AvgIpc) is 2.73. The van der Waals surface area contributed by atoms with Crippen LogP contribution < -0.4 is 16.0 Å². The minimum Gasteiger partial charge on any atom is -0.381 e. The number of nitriles is 1. The predicted molar refractivity (Wildman–Crippen MR) is 100 cm³/mol. The third kappa shape index (κ3) is 5.32. The lowest BCUT2D eigenvalue weighted by Crippen LogP contribution is -2.43. The molecule has 0 saturated carbocycles. The van der Waals surface area contributed by atoms with Crippen LogP contribution in [0.15, 0.2) is 24.7 Å². The molecule has 10 heteroatoms. The molecule has 28 heavy (non-hydrogen) atoms. The number of nitrogens with one attached hydrogen (secondary N) is 3. The predicted octanol–water partition coefficient (Wildman–Crippen LogP) is 2.07. The van der Waals surface area contributed by atoms with Crippen LogP contribution >= 0.6 is 0 Å². The molecule has 1 saturated heterocycles. The summed E-state index contributed by atoms with van der Waals surface area (Å²) >= 11 is 0. The third-order valence-electron chi connectivity index (χ3n) is 4.44. The Labute approximate surface area is 162 Å². The topological polar surface area (TPSA) is 117 Å². The van der Waals surface area contributed by atoms with Gasteiger partial charge in [0.25, 0.3) is 0 Å². The van der Waals surface area contributed by atoms with Gasteiger partial charge in [-0.25, -0.2) is 29.1 Å². The minimum absolute atomic E-state index is 0.170. The molecule has 0 amide bonds. The van der Waals surface area contributed by atoms with Crippen LogP contribution in [0.4, 0.5) is 21.7 Å². The zero-order valence-corrected chi connectivity index (χ0v) is 15.5. The number of aromatic nitrogens is 3. The largest absolute Gasteiger partial charge is 0.381 e. The number of halogens is 1. The molecule has 0 radical (unpaired) electrons. The van der Waals surface area contributed by atoms with Gasteiger partial charge < -0.3 is 16.0 Å². The Balaban J connectivity index is 1.74. The van der Waals surface area contributed by atoms with Crippen molar-refractivity contribution >= 4 is 17.3 Å². The van der Waals surface area contributed by atoms with Crippen molar-refractivity contribution in [1.29, 1.82) is 5.26 Å². The Bertz CT molecular complexity index is 820. The van der Waals surface area contributed by atoms with E-state index in [9.17, 15) is 4.39 Å². The molecule has 0 spiro atoms. The minimum atomic E-state index is -1.26. The first-order valence-electron chi connectivity index (χ1n) is 8.89. The molecular weight excluding hydrogens is 365 g/mol. The van der Waals surface area contributed by atoms with E-state index in [4.69, 9.17) is 10.1 Å². The van der Waals surface area contributed by atoms with Crippen molar-refractivity contribution < 1.29 is 14.2 Å². The van der Waals surface area contributed by atoms with Crippen molar-refractivity contribution in [1.82, 2.24) is 20.3 Å². The standard InChI is InChI=1S/C18H22FN7O2/c1-27-28-11-13-8-23-16(26-17-10-22-14(7-20)9-24-17)6-15(13)25-12-18(19)2-4-21-5-3-18/h6,8-10,21H,2-5,11-12H2,1H3,(H2,23,24,25,26). The number of anilines is 3. The first-order valence-corrected chi connectivity index (χ1v) is 8.89. The molecule has 2 aromatic heterocycles. The van der Waals surface area contributed by atoms with Crippen molar-refractivity contribution in [2.75, 3.05) is 37.4 Å². The van der Waals surface area contributed by atoms with E-state index in [0.717, 1.165) is 5.56 Å². The quantitative estimate of drug-likeness (QED) is 0.462. The molecule has 3 N–H and O–H groups in total. The summed E-state index contributed by atoms with van der Waals surface area (Å²) in [5.41, 5.74) is 0.380. The summed E-state index contributed by atoms with van der Waals surface area (Å²) < 4.78 is 14.9. The number of piperidine rings is 1. The van der Waals surface area contributed by atoms with Gasteiger partial charge in [-0.15, -0.1) is 0 Å². The Hall–Kier alpha value is -2.87. The second-order valence-corrected chi connectivity index (χ2v) is 6.43. The number of hydrogen-bond donors (Lipinski definition) is 3. The lowest BCUT2D eigenvalue weighted by molar-refractivity contribution is -0.282. The molecule has 1 aliphatic rings. The second-order valence-electron chi connectivity index (χ2n) is 6.43. The van der Waals surface area contributed by atoms with Crippen LogP contribution in [0.5, 0.6) is 0 Å². The summed E-state index contributed by atoms with van der Waals surface area (Å²) in [6.45, 7) is 1.69. The molecule has 1 aliphatic heterocycles. The average molecular weight is 387 g/mol. The summed E-state index contributed by atoms with van der Waals surface area (Å²) in [6.07, 6.45) is 5.35. The fraction of sp³-hybridized carbons (Fsp3) is 0.444. The van der Waals surface area contributed by atoms with Gasteiger partial charge in [-0.3, -0.25) is 0 Å². The van der Waals surface area contributed by atoms with Gasteiger partial charge in [0.05, 0.1) is 19.5 Å². The number of nitrogens with zero attached hydrogens (tertiary/aromatic N) is 4. The van der Waals surface area contributed by atoms with Gasteiger partial charge >= 0.3 is 0 Å². The van der Waals surface area contributed by atoms with E-state index >= 15 is 0 Å². The Morgan fingerprint density at radius 3 is 2.68 bits per heavy atom. The maximum absolute atomic E-state index is 14.9. The highest BCUT2D eigenvalue weighted by Gasteiger charge is 2.31. The van der Waals surface area contributed by atoms with Crippen molar-refractivity contribution in [3.05, 3.63) is 35.9 Å². The number of pyridine rings is 1. The van der Waals surface area contributed by atoms with Crippen molar-refractivity contribution in [3.8, 4) is 6.07 Å². The van der Waals surface area contributed by atoms with Crippen molar-refractivity contribution in [2.45, 2.75) is 25.1 Å². The lowest BCUT2D eigenvalue weighted by atomic mass is 9.94. The van der Waals surface area contributed by atoms with E-state index in [1.807, 2.05) is 6.07 Å². The first kappa shape index (κ1) is 19.9. The van der Waals surface area contributed by atoms with E-state index in [-0.39, 0.29) is 18.8 Å². The molecule has 0 aromatic carbocycles. The van der Waals surface area contributed by atoms with Gasteiger partial charge in [-0.2, -0.15) is 5.26 Å². The normalized spacial score (nSPS) is 15.6. The van der Waals surface area contributed by atoms with E-state index in [1.54, 1.807) is 12.3 Å². The summed E-state index contributed by atoms with van der Waals surface area (Å²) in [6, 6.07) is 3.66. The van der Waals surface area contributed by atoms with Crippen molar-refractivity contribution in [3.63, 3.8) is 0 Å². The molecule has 0 unspecified atom stereocenters. The van der Waals surface area contributed by atoms with Crippen molar-refractivity contribution in [2.24, 2.45) is 0 Å². The van der Waals surface area contributed by atoms with Gasteiger partial charge in [-0.1, -0.05) is 0 Å². The monoisotopic (exact) mass is 387 g/mol. The fourth-order valence-electron chi connectivity index (χ4n) is 2.84. The van der Waals surface area contributed by atoms with Crippen LogP contribution in [0, 0.1) is 11.3 Å². The Morgan fingerprint density at radius 1 is 1.21 bits per heavy atom. The Morgan fingerprint density at radius 2 is 2.00 bits per heavy atom. The number of alkyl halides is 1. The second kappa shape index (κ2) is 9.36. The molecule has 9 nitrogen and oxygen atoms in total. The Kier molecular flexibility index (Phi) is 6.65. The van der Waals surface area contributed by atoms with Gasteiger partial charge in [0.2, 0.25) is 0 Å². The molecule has 2 aromatic rings. The zero-order valence-electron chi connectivity index (χ0n) is 15.5. The van der Waals surface area contributed by atoms with E-state index in [1.165, 1.54) is 19.5 Å². The highest BCUT2D eigenvalue weighted by atomic mass is 19.1. The maximum Gasteiger partial charge on any atom is 0.158 e. The zero-order chi connectivity index (χ0) is 19.8. The molecule has 1 fully saturated rings. The van der Waals surface area contributed by atoms with Crippen LogP contribution in [-0.4, -0.2) is 47.4 Å². The van der Waals surface area contributed by atoms with E-state index in [0.29, 0.717) is 43.3 Å². The van der Waals surface area contributed by atoms with Gasteiger partial charge in [0.15, 0.2) is 5.69 Å². The van der Waals surface area contributed by atoms with Gasteiger partial charge in [-0.05, 0) is 25.9 Å². The van der Waals surface area contributed by atoms with Crippen LogP contribution in [0.1, 0.15) is 24.1 Å². The fourth-order valence-corrected chi connectivity index (χ4v) is 2.84. The molecule has 0 atom stereocenters. The van der Waals surface area contributed by atoms with Crippen LogP contribution in [0.3, 0.4) is 0 Å². The molecule has 3 heterocycles. The summed E-state index contributed by atoms with van der Waals surface area (Å²) in [4.78, 5) is 22.1. The van der Waals surface area contributed by atoms with Gasteiger partial charge in [0.1, 0.15) is 30.0 Å². The van der Waals surface area contributed by atoms with Crippen LogP contribution in [-0.2, 0) is 16.4 Å². The van der Waals surface area contributed by atoms with Crippen LogP contribution in [0.25, 0.3) is 0 Å². The first-order chi connectivity index (χ1) is 13.6. The van der Waals surface area contributed by atoms with E-state index in [2.05, 4.69) is 35.8 Å². The summed E-state index contributed by atoms with van der Waals surface area (Å²) in [5, 5.41) is 18.2. The number of rotatable bonds is 8. The van der Waals surface area contributed by atoms with Crippen LogP contribution in [0.2, 0.25) is 0 Å². The number of hydrogen-bond acceptors (Lipinski definition) is 9. The SMILES string of the molecule is COOCc1cnc(Nc2cnc(C#N)cn2)cc1NCC1(F)CCNCC1. The maximum atomic E-state index is 14.9. The van der Waals surface area contributed by atoms with E-state index < -0.39 is 5.67 Å². The summed E-state index contributed by atoms with van der Waals surface area (Å²) in [5.74, 6) is 0.944. The van der Waals surface area contributed by atoms with Gasteiger partial charge in [0, 0.05) is 30.1 Å². The molecule has 148 valence electrons. The third-order valence-corrected chi connectivity index (χ3v) is 4.44. The molecular formula is C18H22FN7O2.